The molecule has 0 spiro atoms. The first kappa shape index (κ1) is 19.9. The Morgan fingerprint density at radius 3 is 2.43 bits per heavy atom. The highest BCUT2D eigenvalue weighted by molar-refractivity contribution is 6.30. The molecule has 1 aliphatic heterocycles. The van der Waals surface area contributed by atoms with Gasteiger partial charge in [-0.2, -0.15) is 0 Å². The average Bonchev–Trinajstić information content (AvgIpc) is 2.86. The summed E-state index contributed by atoms with van der Waals surface area (Å²) in [7, 11) is 0. The number of benzene rings is 2. The third-order valence-corrected chi connectivity index (χ3v) is 5.11. The number of nitrogens with zero attached hydrogens (tertiary/aromatic N) is 1. The van der Waals surface area contributed by atoms with Gasteiger partial charge in [-0.3, -0.25) is 14.5 Å². The molecule has 2 N–H and O–H groups in total. The number of urea groups is 1. The minimum absolute atomic E-state index is 0.224. The van der Waals surface area contributed by atoms with Crippen LogP contribution in [0.15, 0.2) is 48.5 Å². The molecule has 7 heteroatoms. The van der Waals surface area contributed by atoms with E-state index in [-0.39, 0.29) is 12.5 Å². The van der Waals surface area contributed by atoms with Crippen LogP contribution < -0.4 is 10.6 Å². The lowest BCUT2D eigenvalue weighted by Crippen LogP contribution is -2.42. The fourth-order valence-electron chi connectivity index (χ4n) is 3.27. The lowest BCUT2D eigenvalue weighted by atomic mass is 9.92. The summed E-state index contributed by atoms with van der Waals surface area (Å²) in [5.41, 5.74) is 1.02. The van der Waals surface area contributed by atoms with Crippen LogP contribution in [0.25, 0.3) is 0 Å². The molecule has 2 aromatic rings. The largest absolute Gasteiger partial charge is 0.325 e. The van der Waals surface area contributed by atoms with Gasteiger partial charge in [-0.25, -0.2) is 4.79 Å². The lowest BCUT2D eigenvalue weighted by Gasteiger charge is -2.22. The maximum atomic E-state index is 12.9. The number of hydrogen-bond donors (Lipinski definition) is 2. The van der Waals surface area contributed by atoms with Crippen molar-refractivity contribution in [3.05, 3.63) is 64.7 Å². The number of anilines is 1. The smallest absolute Gasteiger partial charge is 0.324 e. The van der Waals surface area contributed by atoms with E-state index in [1.54, 1.807) is 37.3 Å². The quantitative estimate of drug-likeness (QED) is 0.749. The van der Waals surface area contributed by atoms with E-state index in [9.17, 15) is 14.4 Å². The van der Waals surface area contributed by atoms with E-state index in [2.05, 4.69) is 10.6 Å². The second-order valence-corrected chi connectivity index (χ2v) is 7.68. The van der Waals surface area contributed by atoms with Gasteiger partial charge in [0.1, 0.15) is 12.1 Å². The van der Waals surface area contributed by atoms with E-state index in [4.69, 9.17) is 11.6 Å². The molecule has 1 saturated heterocycles. The number of hydrogen-bond acceptors (Lipinski definition) is 3. The second-order valence-electron chi connectivity index (χ2n) is 7.24. The molecule has 6 nitrogen and oxygen atoms in total. The Bertz CT molecular complexity index is 927. The first-order chi connectivity index (χ1) is 13.2. The molecule has 1 heterocycles. The standard InChI is InChI=1S/C21H22ClN3O3/c1-13(2)16-6-4-5-7-17(16)23-18(26)12-25-19(27)21(3,24-20(25)28)14-8-10-15(22)11-9-14/h4-11,13H,12H2,1-3H3,(H,23,26)(H,24,28)/t21-/m1/s1. The van der Waals surface area contributed by atoms with Crippen molar-refractivity contribution in [3.63, 3.8) is 0 Å². The molecule has 1 fully saturated rings. The van der Waals surface area contributed by atoms with Crippen LogP contribution in [-0.4, -0.2) is 29.3 Å². The van der Waals surface area contributed by atoms with Gasteiger partial charge in [-0.1, -0.05) is 55.8 Å². The highest BCUT2D eigenvalue weighted by Crippen LogP contribution is 2.30. The van der Waals surface area contributed by atoms with E-state index in [1.165, 1.54) is 0 Å². The van der Waals surface area contributed by atoms with E-state index >= 15 is 0 Å². The van der Waals surface area contributed by atoms with Gasteiger partial charge in [-0.05, 0) is 42.2 Å². The van der Waals surface area contributed by atoms with Crippen molar-refractivity contribution in [3.8, 4) is 0 Å². The van der Waals surface area contributed by atoms with Crippen molar-refractivity contribution in [2.45, 2.75) is 32.2 Å². The molecular formula is C21H22ClN3O3. The average molecular weight is 400 g/mol. The van der Waals surface area contributed by atoms with Gasteiger partial charge in [0.05, 0.1) is 0 Å². The predicted molar refractivity (Wildman–Crippen MR) is 108 cm³/mol. The first-order valence-corrected chi connectivity index (χ1v) is 9.39. The Balaban J connectivity index is 1.76. The van der Waals surface area contributed by atoms with E-state index in [0.29, 0.717) is 16.3 Å². The van der Waals surface area contributed by atoms with Gasteiger partial charge in [0.15, 0.2) is 0 Å². The van der Waals surface area contributed by atoms with Crippen molar-refractivity contribution in [1.82, 2.24) is 10.2 Å². The van der Waals surface area contributed by atoms with Crippen LogP contribution in [0, 0.1) is 0 Å². The molecule has 28 heavy (non-hydrogen) atoms. The minimum Gasteiger partial charge on any atom is -0.324 e. The van der Waals surface area contributed by atoms with Gasteiger partial charge in [0.2, 0.25) is 5.91 Å². The molecule has 0 aliphatic carbocycles. The summed E-state index contributed by atoms with van der Waals surface area (Å²) in [6.07, 6.45) is 0. The molecule has 3 rings (SSSR count). The van der Waals surface area contributed by atoms with Crippen molar-refractivity contribution in [1.29, 1.82) is 0 Å². The number of rotatable bonds is 5. The van der Waals surface area contributed by atoms with E-state index < -0.39 is 23.4 Å². The molecule has 0 radical (unpaired) electrons. The lowest BCUT2D eigenvalue weighted by molar-refractivity contribution is -0.133. The molecule has 0 bridgehead atoms. The zero-order valence-corrected chi connectivity index (χ0v) is 16.7. The number of carbonyl (C=O) groups is 3. The molecule has 1 atom stereocenters. The SMILES string of the molecule is CC(C)c1ccccc1NC(=O)CN1C(=O)N[C@](C)(c2ccc(Cl)cc2)C1=O. The molecule has 2 aromatic carbocycles. The van der Waals surface area contributed by atoms with Gasteiger partial charge in [0, 0.05) is 10.7 Å². The summed E-state index contributed by atoms with van der Waals surface area (Å²) < 4.78 is 0. The van der Waals surface area contributed by atoms with Crippen LogP contribution in [0.1, 0.15) is 37.8 Å². The number of para-hydroxylation sites is 1. The normalized spacial score (nSPS) is 19.1. The molecule has 0 aromatic heterocycles. The Morgan fingerprint density at radius 2 is 1.79 bits per heavy atom. The second kappa shape index (κ2) is 7.64. The van der Waals surface area contributed by atoms with Crippen LogP contribution in [0.2, 0.25) is 5.02 Å². The number of halogens is 1. The number of imide groups is 1. The zero-order valence-electron chi connectivity index (χ0n) is 16.0. The van der Waals surface area contributed by atoms with E-state index in [0.717, 1.165) is 10.5 Å². The highest BCUT2D eigenvalue weighted by Gasteiger charge is 2.49. The van der Waals surface area contributed by atoms with Gasteiger partial charge in [-0.15, -0.1) is 0 Å². The molecular weight excluding hydrogens is 378 g/mol. The monoisotopic (exact) mass is 399 g/mol. The minimum atomic E-state index is -1.24. The summed E-state index contributed by atoms with van der Waals surface area (Å²) in [5.74, 6) is -0.689. The summed E-state index contributed by atoms with van der Waals surface area (Å²) in [6.45, 7) is 5.31. The van der Waals surface area contributed by atoms with Crippen molar-refractivity contribution in [2.24, 2.45) is 0 Å². The summed E-state index contributed by atoms with van der Waals surface area (Å²) in [6, 6.07) is 13.5. The zero-order chi connectivity index (χ0) is 20.5. The van der Waals surface area contributed by atoms with Gasteiger partial charge < -0.3 is 10.6 Å². The van der Waals surface area contributed by atoms with Crippen LogP contribution in [0.3, 0.4) is 0 Å². The Hall–Kier alpha value is -2.86. The Morgan fingerprint density at radius 1 is 1.14 bits per heavy atom. The van der Waals surface area contributed by atoms with Gasteiger partial charge in [0.25, 0.3) is 5.91 Å². The van der Waals surface area contributed by atoms with Crippen molar-refractivity contribution < 1.29 is 14.4 Å². The highest BCUT2D eigenvalue weighted by atomic mass is 35.5. The van der Waals surface area contributed by atoms with Crippen LogP contribution in [0.5, 0.6) is 0 Å². The molecule has 0 unspecified atom stereocenters. The molecule has 0 saturated carbocycles. The van der Waals surface area contributed by atoms with Crippen LogP contribution in [0.4, 0.5) is 10.5 Å². The van der Waals surface area contributed by atoms with Crippen molar-refractivity contribution in [2.75, 3.05) is 11.9 Å². The molecule has 4 amide bonds. The predicted octanol–water partition coefficient (Wildman–Crippen LogP) is 3.87. The van der Waals surface area contributed by atoms with Crippen LogP contribution >= 0.6 is 11.6 Å². The number of nitrogens with one attached hydrogen (secondary N) is 2. The summed E-state index contributed by atoms with van der Waals surface area (Å²) in [4.78, 5) is 38.8. The summed E-state index contributed by atoms with van der Waals surface area (Å²) in [5, 5.41) is 6.01. The van der Waals surface area contributed by atoms with Crippen LogP contribution in [-0.2, 0) is 15.1 Å². The number of amides is 4. The topological polar surface area (TPSA) is 78.5 Å². The molecule has 1 aliphatic rings. The van der Waals surface area contributed by atoms with Crippen molar-refractivity contribution >= 4 is 35.1 Å². The number of carbonyl (C=O) groups excluding carboxylic acids is 3. The Kier molecular flexibility index (Phi) is 5.42. The third-order valence-electron chi connectivity index (χ3n) is 4.86. The maximum Gasteiger partial charge on any atom is 0.325 e. The Labute approximate surface area is 168 Å². The third kappa shape index (κ3) is 3.73. The first-order valence-electron chi connectivity index (χ1n) is 9.01. The summed E-state index contributed by atoms with van der Waals surface area (Å²) >= 11 is 5.90. The van der Waals surface area contributed by atoms with Gasteiger partial charge >= 0.3 is 6.03 Å². The fourth-order valence-corrected chi connectivity index (χ4v) is 3.39. The van der Waals surface area contributed by atoms with E-state index in [1.807, 2.05) is 32.0 Å². The maximum absolute atomic E-state index is 12.9. The molecule has 146 valence electrons. The fraction of sp³-hybridized carbons (Fsp3) is 0.286.